The Labute approximate surface area is 105 Å². The van der Waals surface area contributed by atoms with Crippen molar-refractivity contribution in [3.8, 4) is 5.88 Å². The lowest BCUT2D eigenvalue weighted by atomic mass is 9.89. The van der Waals surface area contributed by atoms with E-state index in [0.29, 0.717) is 12.3 Å². The maximum Gasteiger partial charge on any atom is 0.308 e. The minimum absolute atomic E-state index is 0.0499. The minimum atomic E-state index is -0.706. The predicted molar refractivity (Wildman–Crippen MR) is 63.6 cm³/mol. The van der Waals surface area contributed by atoms with Crippen molar-refractivity contribution in [2.45, 2.75) is 31.3 Å². The summed E-state index contributed by atoms with van der Waals surface area (Å²) in [5.74, 6) is 0.205. The molecule has 1 N–H and O–H groups in total. The maximum atomic E-state index is 11.2. The number of nitrogens with zero attached hydrogens (tertiary/aromatic N) is 3. The van der Waals surface area contributed by atoms with Crippen LogP contribution in [0.25, 0.3) is 0 Å². The third-order valence-corrected chi connectivity index (χ3v) is 3.93. The molecule has 2 bridgehead atoms. The molecule has 0 radical (unpaired) electrons. The van der Waals surface area contributed by atoms with Crippen molar-refractivity contribution in [1.29, 1.82) is 0 Å². The van der Waals surface area contributed by atoms with E-state index in [1.807, 2.05) is 0 Å². The van der Waals surface area contributed by atoms with Crippen molar-refractivity contribution in [3.63, 3.8) is 0 Å². The number of carbonyl (C=O) groups is 1. The van der Waals surface area contributed by atoms with E-state index in [9.17, 15) is 9.90 Å². The molecule has 0 amide bonds. The number of hydrogen-bond donors (Lipinski definition) is 1. The molecule has 3 unspecified atom stereocenters. The smallest absolute Gasteiger partial charge is 0.308 e. The van der Waals surface area contributed by atoms with Crippen molar-refractivity contribution in [3.05, 3.63) is 12.4 Å². The Kier molecular flexibility index (Phi) is 2.57. The first-order valence-corrected chi connectivity index (χ1v) is 6.08. The van der Waals surface area contributed by atoms with Crippen molar-refractivity contribution in [1.82, 2.24) is 9.97 Å². The third-order valence-electron chi connectivity index (χ3n) is 3.93. The topological polar surface area (TPSA) is 75.5 Å². The molecule has 1 aromatic rings. The van der Waals surface area contributed by atoms with Gasteiger partial charge < -0.3 is 14.7 Å². The van der Waals surface area contributed by atoms with E-state index in [-0.39, 0.29) is 18.0 Å². The minimum Gasteiger partial charge on any atom is -0.481 e. The summed E-state index contributed by atoms with van der Waals surface area (Å²) in [5, 5.41) is 9.21. The molecule has 96 valence electrons. The molecule has 2 fully saturated rings. The zero-order valence-electron chi connectivity index (χ0n) is 10.1. The first-order valence-electron chi connectivity index (χ1n) is 6.08. The second kappa shape index (κ2) is 4.12. The summed E-state index contributed by atoms with van der Waals surface area (Å²) in [5.41, 5.74) is 0. The van der Waals surface area contributed by atoms with E-state index >= 15 is 0 Å². The van der Waals surface area contributed by atoms with Gasteiger partial charge in [-0.05, 0) is 19.3 Å². The normalized spacial score (nSPS) is 29.6. The van der Waals surface area contributed by atoms with Gasteiger partial charge in [0.05, 0.1) is 25.4 Å². The molecular formula is C12H15N3O3. The molecule has 0 aliphatic carbocycles. The van der Waals surface area contributed by atoms with Gasteiger partial charge in [-0.1, -0.05) is 0 Å². The Morgan fingerprint density at radius 3 is 3.00 bits per heavy atom. The second-order valence-electron chi connectivity index (χ2n) is 4.81. The van der Waals surface area contributed by atoms with E-state index in [4.69, 9.17) is 4.74 Å². The van der Waals surface area contributed by atoms with Gasteiger partial charge in [-0.25, -0.2) is 0 Å². The fourth-order valence-electron chi connectivity index (χ4n) is 3.17. The fourth-order valence-corrected chi connectivity index (χ4v) is 3.17. The first kappa shape index (κ1) is 11.3. The lowest BCUT2D eigenvalue weighted by Crippen LogP contribution is -2.33. The summed E-state index contributed by atoms with van der Waals surface area (Å²) >= 11 is 0. The summed E-state index contributed by atoms with van der Waals surface area (Å²) in [6.07, 6.45) is 5.89. The summed E-state index contributed by atoms with van der Waals surface area (Å²) in [7, 11) is 1.55. The molecule has 2 aliphatic rings. The van der Waals surface area contributed by atoms with Crippen LogP contribution in [0.1, 0.15) is 19.3 Å². The standard InChI is InChI=1S/C12H15N3O3/c1-18-11-6-13-5-10(14-11)15-7-2-3-9(15)8(4-7)12(16)17/h5-9H,2-4H2,1H3,(H,16,17). The molecule has 0 aromatic carbocycles. The molecule has 3 atom stereocenters. The summed E-state index contributed by atoms with van der Waals surface area (Å²) in [6.45, 7) is 0. The number of anilines is 1. The quantitative estimate of drug-likeness (QED) is 0.858. The Balaban J connectivity index is 1.91. The highest BCUT2D eigenvalue weighted by Gasteiger charge is 2.49. The van der Waals surface area contributed by atoms with Gasteiger partial charge in [0.2, 0.25) is 5.88 Å². The molecular weight excluding hydrogens is 234 g/mol. The van der Waals surface area contributed by atoms with E-state index in [1.54, 1.807) is 19.5 Å². The number of ether oxygens (including phenoxy) is 1. The number of fused-ring (bicyclic) bond motifs is 2. The van der Waals surface area contributed by atoms with Gasteiger partial charge >= 0.3 is 5.97 Å². The number of hydrogen-bond acceptors (Lipinski definition) is 5. The van der Waals surface area contributed by atoms with Crippen LogP contribution < -0.4 is 9.64 Å². The van der Waals surface area contributed by atoms with Crippen LogP contribution in [0.4, 0.5) is 5.82 Å². The average Bonchev–Trinajstić information content (AvgIpc) is 2.96. The fraction of sp³-hybridized carbons (Fsp3) is 0.583. The van der Waals surface area contributed by atoms with Crippen LogP contribution in [0.15, 0.2) is 12.4 Å². The number of carboxylic acids is 1. The number of carboxylic acid groups (broad SMARTS) is 1. The van der Waals surface area contributed by atoms with Crippen LogP contribution in [0.2, 0.25) is 0 Å². The van der Waals surface area contributed by atoms with Crippen LogP contribution in [0, 0.1) is 5.92 Å². The highest BCUT2D eigenvalue weighted by Crippen LogP contribution is 2.43. The van der Waals surface area contributed by atoms with Crippen LogP contribution in [-0.2, 0) is 4.79 Å². The number of rotatable bonds is 3. The van der Waals surface area contributed by atoms with Crippen LogP contribution in [-0.4, -0.2) is 40.2 Å². The van der Waals surface area contributed by atoms with Gasteiger partial charge in [0.15, 0.2) is 5.82 Å². The molecule has 0 spiro atoms. The van der Waals surface area contributed by atoms with Gasteiger partial charge in [-0.15, -0.1) is 0 Å². The zero-order chi connectivity index (χ0) is 12.7. The van der Waals surface area contributed by atoms with Crippen molar-refractivity contribution < 1.29 is 14.6 Å². The van der Waals surface area contributed by atoms with E-state index < -0.39 is 5.97 Å². The largest absolute Gasteiger partial charge is 0.481 e. The second-order valence-corrected chi connectivity index (χ2v) is 4.81. The van der Waals surface area contributed by atoms with Gasteiger partial charge in [0, 0.05) is 12.1 Å². The average molecular weight is 249 g/mol. The molecule has 3 heterocycles. The van der Waals surface area contributed by atoms with Gasteiger partial charge in [-0.3, -0.25) is 9.78 Å². The Morgan fingerprint density at radius 2 is 2.33 bits per heavy atom. The van der Waals surface area contributed by atoms with Gasteiger partial charge in [0.25, 0.3) is 0 Å². The van der Waals surface area contributed by atoms with Crippen molar-refractivity contribution in [2.24, 2.45) is 5.92 Å². The van der Waals surface area contributed by atoms with E-state index in [2.05, 4.69) is 14.9 Å². The Hall–Kier alpha value is -1.85. The Morgan fingerprint density at radius 1 is 1.50 bits per heavy atom. The zero-order valence-corrected chi connectivity index (χ0v) is 10.1. The first-order chi connectivity index (χ1) is 8.70. The number of methoxy groups -OCH3 is 1. The number of aromatic nitrogens is 2. The molecule has 18 heavy (non-hydrogen) atoms. The molecule has 0 saturated carbocycles. The molecule has 3 rings (SSSR count). The highest BCUT2D eigenvalue weighted by atomic mass is 16.5. The van der Waals surface area contributed by atoms with E-state index in [0.717, 1.165) is 18.7 Å². The molecule has 2 saturated heterocycles. The molecule has 6 heteroatoms. The summed E-state index contributed by atoms with van der Waals surface area (Å²) < 4.78 is 5.06. The Bertz CT molecular complexity index is 479. The van der Waals surface area contributed by atoms with Crippen molar-refractivity contribution >= 4 is 11.8 Å². The lowest BCUT2D eigenvalue weighted by molar-refractivity contribution is -0.142. The molecule has 1 aromatic heterocycles. The number of aliphatic carboxylic acids is 1. The van der Waals surface area contributed by atoms with Gasteiger partial charge in [0.1, 0.15) is 0 Å². The predicted octanol–water partition coefficient (Wildman–Crippen LogP) is 0.927. The maximum absolute atomic E-state index is 11.2. The summed E-state index contributed by atoms with van der Waals surface area (Å²) in [6, 6.07) is 0.325. The van der Waals surface area contributed by atoms with Crippen LogP contribution >= 0.6 is 0 Å². The van der Waals surface area contributed by atoms with Crippen molar-refractivity contribution in [2.75, 3.05) is 12.0 Å². The van der Waals surface area contributed by atoms with Crippen LogP contribution in [0.5, 0.6) is 5.88 Å². The SMILES string of the molecule is COc1cncc(N2C3CCC2C(C(=O)O)C3)n1. The molecule has 2 aliphatic heterocycles. The highest BCUT2D eigenvalue weighted by molar-refractivity contribution is 5.73. The third kappa shape index (κ3) is 1.60. The summed E-state index contributed by atoms with van der Waals surface area (Å²) in [4.78, 5) is 21.8. The lowest BCUT2D eigenvalue weighted by Gasteiger charge is -2.23. The van der Waals surface area contributed by atoms with E-state index in [1.165, 1.54) is 0 Å². The van der Waals surface area contributed by atoms with Crippen LogP contribution in [0.3, 0.4) is 0 Å². The molecule has 6 nitrogen and oxygen atoms in total. The monoisotopic (exact) mass is 249 g/mol. The van der Waals surface area contributed by atoms with Gasteiger partial charge in [-0.2, -0.15) is 4.98 Å².